The van der Waals surface area contributed by atoms with Crippen molar-refractivity contribution in [2.45, 2.75) is 47.0 Å². The maximum Gasteiger partial charge on any atom is 0.190 e. The van der Waals surface area contributed by atoms with Crippen LogP contribution in [-0.2, 0) is 0 Å². The van der Waals surface area contributed by atoms with Gasteiger partial charge in [0.1, 0.15) is 0 Å². The molecule has 0 fully saturated rings. The van der Waals surface area contributed by atoms with E-state index in [1.165, 1.54) is 12.8 Å². The zero-order chi connectivity index (χ0) is 11.7. The van der Waals surface area contributed by atoms with Gasteiger partial charge in [-0.25, -0.2) is 0 Å². The first-order valence-electron chi connectivity index (χ1n) is 5.94. The van der Waals surface area contributed by atoms with Crippen molar-refractivity contribution in [3.05, 3.63) is 0 Å². The van der Waals surface area contributed by atoms with E-state index < -0.39 is 0 Å². The summed E-state index contributed by atoms with van der Waals surface area (Å²) in [5.41, 5.74) is 0.433. The standard InChI is InChI=1S/C12H27N3.HI/c1-6-9-14-11(13-5)15-10-7-8-12(2,3)4;/h6-10H2,1-5H3,(H2,13,14,15);1H. The van der Waals surface area contributed by atoms with E-state index in [9.17, 15) is 0 Å². The van der Waals surface area contributed by atoms with Gasteiger partial charge in [-0.15, -0.1) is 24.0 Å². The van der Waals surface area contributed by atoms with Crippen LogP contribution in [0.25, 0.3) is 0 Å². The minimum atomic E-state index is 0. The molecule has 2 N–H and O–H groups in total. The quantitative estimate of drug-likeness (QED) is 0.349. The van der Waals surface area contributed by atoms with Crippen molar-refractivity contribution in [2.75, 3.05) is 20.1 Å². The fourth-order valence-electron chi connectivity index (χ4n) is 1.29. The molecule has 0 aliphatic carbocycles. The molecule has 0 saturated carbocycles. The summed E-state index contributed by atoms with van der Waals surface area (Å²) in [7, 11) is 1.81. The first-order chi connectivity index (χ1) is 6.99. The van der Waals surface area contributed by atoms with Crippen LogP contribution in [-0.4, -0.2) is 26.1 Å². The highest BCUT2D eigenvalue weighted by molar-refractivity contribution is 14.0. The lowest BCUT2D eigenvalue weighted by Gasteiger charge is -2.18. The molecule has 0 bridgehead atoms. The van der Waals surface area contributed by atoms with Crippen molar-refractivity contribution in [3.63, 3.8) is 0 Å². The van der Waals surface area contributed by atoms with E-state index in [0.717, 1.165) is 25.5 Å². The Morgan fingerprint density at radius 1 is 1.12 bits per heavy atom. The van der Waals surface area contributed by atoms with Gasteiger partial charge >= 0.3 is 0 Å². The summed E-state index contributed by atoms with van der Waals surface area (Å²) >= 11 is 0. The fourth-order valence-corrected chi connectivity index (χ4v) is 1.29. The summed E-state index contributed by atoms with van der Waals surface area (Å²) in [6, 6.07) is 0. The van der Waals surface area contributed by atoms with Gasteiger partial charge in [0.2, 0.25) is 0 Å². The van der Waals surface area contributed by atoms with Crippen molar-refractivity contribution in [1.82, 2.24) is 10.6 Å². The normalized spacial score (nSPS) is 11.9. The Hall–Kier alpha value is 0. The van der Waals surface area contributed by atoms with E-state index in [1.807, 2.05) is 7.05 Å². The molecular weight excluding hydrogens is 313 g/mol. The molecule has 0 saturated heterocycles. The molecular formula is C12H28IN3. The van der Waals surface area contributed by atoms with E-state index >= 15 is 0 Å². The van der Waals surface area contributed by atoms with Gasteiger partial charge in [0.15, 0.2) is 5.96 Å². The molecule has 0 aromatic heterocycles. The minimum Gasteiger partial charge on any atom is -0.356 e. The Bertz CT molecular complexity index is 185. The third-order valence-electron chi connectivity index (χ3n) is 2.16. The van der Waals surface area contributed by atoms with Crippen LogP contribution in [0.3, 0.4) is 0 Å². The Balaban J connectivity index is 0. The maximum atomic E-state index is 4.15. The van der Waals surface area contributed by atoms with E-state index in [4.69, 9.17) is 0 Å². The first-order valence-corrected chi connectivity index (χ1v) is 5.94. The van der Waals surface area contributed by atoms with Crippen molar-refractivity contribution in [2.24, 2.45) is 10.4 Å². The van der Waals surface area contributed by atoms with Crippen LogP contribution in [0.2, 0.25) is 0 Å². The Morgan fingerprint density at radius 2 is 1.69 bits per heavy atom. The van der Waals surface area contributed by atoms with Crippen LogP contribution in [0.1, 0.15) is 47.0 Å². The minimum absolute atomic E-state index is 0. The van der Waals surface area contributed by atoms with Gasteiger partial charge in [-0.2, -0.15) is 0 Å². The molecule has 4 heteroatoms. The number of guanidine groups is 1. The predicted molar refractivity (Wildman–Crippen MR) is 83.8 cm³/mol. The zero-order valence-corrected chi connectivity index (χ0v) is 13.7. The van der Waals surface area contributed by atoms with Gasteiger partial charge < -0.3 is 10.6 Å². The number of halogens is 1. The lowest BCUT2D eigenvalue weighted by atomic mass is 9.91. The smallest absolute Gasteiger partial charge is 0.190 e. The number of hydrogen-bond donors (Lipinski definition) is 2. The largest absolute Gasteiger partial charge is 0.356 e. The molecule has 0 aliphatic heterocycles. The number of hydrogen-bond acceptors (Lipinski definition) is 1. The van der Waals surface area contributed by atoms with Crippen LogP contribution >= 0.6 is 24.0 Å². The highest BCUT2D eigenvalue weighted by Gasteiger charge is 2.08. The summed E-state index contributed by atoms with van der Waals surface area (Å²) < 4.78 is 0. The third kappa shape index (κ3) is 12.1. The highest BCUT2D eigenvalue weighted by Crippen LogP contribution is 2.19. The topological polar surface area (TPSA) is 36.4 Å². The third-order valence-corrected chi connectivity index (χ3v) is 2.16. The van der Waals surface area contributed by atoms with Crippen LogP contribution in [0.15, 0.2) is 4.99 Å². The summed E-state index contributed by atoms with van der Waals surface area (Å²) in [5.74, 6) is 0.922. The molecule has 0 atom stereocenters. The van der Waals surface area contributed by atoms with Crippen LogP contribution in [0, 0.1) is 5.41 Å². The summed E-state index contributed by atoms with van der Waals surface area (Å²) in [4.78, 5) is 4.15. The molecule has 0 radical (unpaired) electrons. The lowest BCUT2D eigenvalue weighted by molar-refractivity contribution is 0.365. The Kier molecular flexibility index (Phi) is 11.7. The second kappa shape index (κ2) is 10.2. The van der Waals surface area contributed by atoms with Crippen LogP contribution in [0.5, 0.6) is 0 Å². The van der Waals surface area contributed by atoms with Gasteiger partial charge in [-0.1, -0.05) is 27.7 Å². The second-order valence-corrected chi connectivity index (χ2v) is 5.09. The molecule has 0 heterocycles. The highest BCUT2D eigenvalue weighted by atomic mass is 127. The van der Waals surface area contributed by atoms with E-state index in [1.54, 1.807) is 0 Å². The van der Waals surface area contributed by atoms with Crippen molar-refractivity contribution in [1.29, 1.82) is 0 Å². The summed E-state index contributed by atoms with van der Waals surface area (Å²) in [6.45, 7) is 11.0. The average Bonchev–Trinajstić information content (AvgIpc) is 2.15. The average molecular weight is 341 g/mol. The SMILES string of the molecule is CCCNC(=NC)NCCCC(C)(C)C.I. The molecule has 0 amide bonds. The Morgan fingerprint density at radius 3 is 2.12 bits per heavy atom. The maximum absolute atomic E-state index is 4.15. The predicted octanol–water partition coefficient (Wildman–Crippen LogP) is 3.01. The molecule has 0 aromatic carbocycles. The molecule has 0 spiro atoms. The van der Waals surface area contributed by atoms with Gasteiger partial charge in [0, 0.05) is 20.1 Å². The Labute approximate surface area is 118 Å². The van der Waals surface area contributed by atoms with Gasteiger partial charge in [-0.05, 0) is 24.7 Å². The van der Waals surface area contributed by atoms with E-state index in [0.29, 0.717) is 5.41 Å². The van der Waals surface area contributed by atoms with Crippen LogP contribution < -0.4 is 10.6 Å². The lowest BCUT2D eigenvalue weighted by Crippen LogP contribution is -2.38. The zero-order valence-electron chi connectivity index (χ0n) is 11.4. The number of aliphatic imine (C=N–C) groups is 1. The van der Waals surface area contributed by atoms with Crippen molar-refractivity contribution in [3.8, 4) is 0 Å². The summed E-state index contributed by atoms with van der Waals surface area (Å²) in [6.07, 6.45) is 3.56. The van der Waals surface area contributed by atoms with Crippen molar-refractivity contribution >= 4 is 29.9 Å². The first kappa shape index (κ1) is 18.4. The molecule has 98 valence electrons. The van der Waals surface area contributed by atoms with Gasteiger partial charge in [0.05, 0.1) is 0 Å². The number of rotatable bonds is 5. The molecule has 3 nitrogen and oxygen atoms in total. The summed E-state index contributed by atoms with van der Waals surface area (Å²) in [5, 5.41) is 6.57. The number of nitrogens with zero attached hydrogens (tertiary/aromatic N) is 1. The van der Waals surface area contributed by atoms with Gasteiger partial charge in [0.25, 0.3) is 0 Å². The number of nitrogens with one attached hydrogen (secondary N) is 2. The molecule has 0 aliphatic rings. The molecule has 0 rings (SSSR count). The van der Waals surface area contributed by atoms with Crippen molar-refractivity contribution < 1.29 is 0 Å². The molecule has 16 heavy (non-hydrogen) atoms. The van der Waals surface area contributed by atoms with Gasteiger partial charge in [-0.3, -0.25) is 4.99 Å². The second-order valence-electron chi connectivity index (χ2n) is 5.09. The van der Waals surface area contributed by atoms with E-state index in [-0.39, 0.29) is 24.0 Å². The monoisotopic (exact) mass is 341 g/mol. The van der Waals surface area contributed by atoms with E-state index in [2.05, 4.69) is 43.3 Å². The molecule has 0 unspecified atom stereocenters. The van der Waals surface area contributed by atoms with Crippen LogP contribution in [0.4, 0.5) is 0 Å². The molecule has 0 aromatic rings. The fraction of sp³-hybridized carbons (Fsp3) is 0.917.